The summed E-state index contributed by atoms with van der Waals surface area (Å²) in [6, 6.07) is 3.39. The van der Waals surface area contributed by atoms with Gasteiger partial charge < -0.3 is 14.3 Å². The quantitative estimate of drug-likeness (QED) is 0.680. The number of fused-ring (bicyclic) bond motifs is 1. The van der Waals surface area contributed by atoms with Gasteiger partial charge >= 0.3 is 0 Å². The van der Waals surface area contributed by atoms with Gasteiger partial charge in [0.15, 0.2) is 11.5 Å². The monoisotopic (exact) mass is 198 g/mol. The molecule has 1 heterocycles. The number of hydrogen-bond donors (Lipinski definition) is 0. The molecule has 1 aromatic rings. The van der Waals surface area contributed by atoms with Crippen LogP contribution in [0.15, 0.2) is 12.1 Å². The molecule has 0 spiro atoms. The third-order valence-corrected chi connectivity index (χ3v) is 2.04. The molecule has 2 rings (SSSR count). The maximum atomic E-state index is 10.3. The van der Waals surface area contributed by atoms with Crippen molar-refractivity contribution < 1.29 is 14.3 Å². The Hall–Kier alpha value is -1.22. The van der Waals surface area contributed by atoms with Gasteiger partial charge in [-0.15, -0.1) is 0 Å². The fraction of sp³-hybridized carbons (Fsp3) is 0.222. The molecule has 0 radical (unpaired) electrons. The summed E-state index contributed by atoms with van der Waals surface area (Å²) in [6.07, 6.45) is 1.11. The first-order chi connectivity index (χ1) is 6.31. The molecule has 0 saturated carbocycles. The Bertz CT molecular complexity index is 349. The SMILES string of the molecule is O=CCc1cc(Cl)cc2c1OCO2. The minimum absolute atomic E-state index is 0.196. The number of hydrogen-bond acceptors (Lipinski definition) is 3. The van der Waals surface area contributed by atoms with E-state index in [1.807, 2.05) is 0 Å². The van der Waals surface area contributed by atoms with Crippen LogP contribution in [0.5, 0.6) is 11.5 Å². The van der Waals surface area contributed by atoms with Crippen LogP contribution in [0.3, 0.4) is 0 Å². The number of rotatable bonds is 2. The van der Waals surface area contributed by atoms with Crippen molar-refractivity contribution in [3.8, 4) is 11.5 Å². The Morgan fingerprint density at radius 2 is 2.31 bits per heavy atom. The smallest absolute Gasteiger partial charge is 0.231 e. The second kappa shape index (κ2) is 3.26. The van der Waals surface area contributed by atoms with Gasteiger partial charge in [-0.3, -0.25) is 0 Å². The van der Waals surface area contributed by atoms with Crippen molar-refractivity contribution in [2.75, 3.05) is 6.79 Å². The van der Waals surface area contributed by atoms with E-state index in [4.69, 9.17) is 21.1 Å². The van der Waals surface area contributed by atoms with Crippen molar-refractivity contribution in [3.05, 3.63) is 22.7 Å². The Morgan fingerprint density at radius 3 is 3.08 bits per heavy atom. The summed E-state index contributed by atoms with van der Waals surface area (Å²) in [5, 5.41) is 0.557. The van der Waals surface area contributed by atoms with Crippen LogP contribution in [0.25, 0.3) is 0 Å². The largest absolute Gasteiger partial charge is 0.454 e. The lowest BCUT2D eigenvalue weighted by Crippen LogP contribution is -1.94. The summed E-state index contributed by atoms with van der Waals surface area (Å²) in [5.74, 6) is 1.25. The topological polar surface area (TPSA) is 35.5 Å². The van der Waals surface area contributed by atoms with Crippen molar-refractivity contribution in [2.45, 2.75) is 6.42 Å². The minimum Gasteiger partial charge on any atom is -0.454 e. The third-order valence-electron chi connectivity index (χ3n) is 1.82. The molecular formula is C9H7ClO3. The van der Waals surface area contributed by atoms with Gasteiger partial charge in [-0.05, 0) is 6.07 Å². The maximum absolute atomic E-state index is 10.3. The summed E-state index contributed by atoms with van der Waals surface area (Å²) in [7, 11) is 0. The lowest BCUT2D eigenvalue weighted by molar-refractivity contribution is -0.107. The standard InChI is InChI=1S/C9H7ClO3/c10-7-3-6(1-2-11)9-8(4-7)12-5-13-9/h2-4H,1,5H2. The van der Waals surface area contributed by atoms with Crippen LogP contribution in [0.1, 0.15) is 5.56 Å². The van der Waals surface area contributed by atoms with Crippen molar-refractivity contribution >= 4 is 17.9 Å². The van der Waals surface area contributed by atoms with Crippen LogP contribution in [0, 0.1) is 0 Å². The molecule has 3 nitrogen and oxygen atoms in total. The van der Waals surface area contributed by atoms with Crippen molar-refractivity contribution in [1.29, 1.82) is 0 Å². The highest BCUT2D eigenvalue weighted by atomic mass is 35.5. The maximum Gasteiger partial charge on any atom is 0.231 e. The highest BCUT2D eigenvalue weighted by Gasteiger charge is 2.18. The number of aldehydes is 1. The van der Waals surface area contributed by atoms with Crippen LogP contribution in [0.4, 0.5) is 0 Å². The lowest BCUT2D eigenvalue weighted by atomic mass is 10.1. The minimum atomic E-state index is 0.196. The molecule has 0 fully saturated rings. The molecule has 0 N–H and O–H groups in total. The molecule has 68 valence electrons. The van der Waals surface area contributed by atoms with Gasteiger partial charge in [-0.1, -0.05) is 11.6 Å². The van der Waals surface area contributed by atoms with Gasteiger partial charge in [0.25, 0.3) is 0 Å². The zero-order valence-corrected chi connectivity index (χ0v) is 7.50. The summed E-state index contributed by atoms with van der Waals surface area (Å²) >= 11 is 5.81. The van der Waals surface area contributed by atoms with E-state index in [0.29, 0.717) is 22.9 Å². The molecule has 1 aromatic carbocycles. The number of ether oxygens (including phenoxy) is 2. The Kier molecular flexibility index (Phi) is 2.10. The van der Waals surface area contributed by atoms with E-state index in [1.165, 1.54) is 0 Å². The zero-order valence-electron chi connectivity index (χ0n) is 6.75. The fourth-order valence-electron chi connectivity index (χ4n) is 1.29. The van der Waals surface area contributed by atoms with Gasteiger partial charge in [0.05, 0.1) is 0 Å². The number of benzene rings is 1. The lowest BCUT2D eigenvalue weighted by Gasteiger charge is -2.02. The predicted octanol–water partition coefficient (Wildman–Crippen LogP) is 1.81. The molecule has 1 aliphatic rings. The molecule has 0 amide bonds. The van der Waals surface area contributed by atoms with E-state index in [9.17, 15) is 4.79 Å². The first kappa shape index (κ1) is 8.38. The molecular weight excluding hydrogens is 192 g/mol. The molecule has 1 aliphatic heterocycles. The number of halogens is 1. The molecule has 13 heavy (non-hydrogen) atoms. The van der Waals surface area contributed by atoms with Crippen LogP contribution in [-0.4, -0.2) is 13.1 Å². The zero-order chi connectivity index (χ0) is 9.26. The Balaban J connectivity index is 2.48. The van der Waals surface area contributed by atoms with E-state index in [0.717, 1.165) is 11.8 Å². The fourth-order valence-corrected chi connectivity index (χ4v) is 1.52. The average molecular weight is 199 g/mol. The van der Waals surface area contributed by atoms with E-state index >= 15 is 0 Å². The molecule has 0 bridgehead atoms. The van der Waals surface area contributed by atoms with E-state index in [-0.39, 0.29) is 6.79 Å². The number of carbonyl (C=O) groups excluding carboxylic acids is 1. The second-order valence-electron chi connectivity index (χ2n) is 2.67. The van der Waals surface area contributed by atoms with Gasteiger partial charge in [0, 0.05) is 23.1 Å². The normalized spacial score (nSPS) is 13.0. The summed E-state index contributed by atoms with van der Waals surface area (Å²) in [6.45, 7) is 0.196. The van der Waals surface area contributed by atoms with Gasteiger partial charge in [0.2, 0.25) is 6.79 Å². The van der Waals surface area contributed by atoms with Gasteiger partial charge in [-0.25, -0.2) is 0 Å². The molecule has 0 atom stereocenters. The summed E-state index contributed by atoms with van der Waals surface area (Å²) in [5.41, 5.74) is 0.773. The first-order valence-corrected chi connectivity index (χ1v) is 4.20. The predicted molar refractivity (Wildman–Crippen MR) is 47.3 cm³/mol. The molecule has 0 aliphatic carbocycles. The molecule has 4 heteroatoms. The van der Waals surface area contributed by atoms with Crippen molar-refractivity contribution in [2.24, 2.45) is 0 Å². The Morgan fingerprint density at radius 1 is 1.46 bits per heavy atom. The van der Waals surface area contributed by atoms with E-state index in [2.05, 4.69) is 0 Å². The highest BCUT2D eigenvalue weighted by molar-refractivity contribution is 6.30. The number of carbonyl (C=O) groups is 1. The van der Waals surface area contributed by atoms with Crippen molar-refractivity contribution in [3.63, 3.8) is 0 Å². The van der Waals surface area contributed by atoms with E-state index in [1.54, 1.807) is 12.1 Å². The van der Waals surface area contributed by atoms with E-state index < -0.39 is 0 Å². The third kappa shape index (κ3) is 1.47. The van der Waals surface area contributed by atoms with Crippen LogP contribution >= 0.6 is 11.6 Å². The molecule has 0 aromatic heterocycles. The highest BCUT2D eigenvalue weighted by Crippen LogP contribution is 2.38. The van der Waals surface area contributed by atoms with Crippen molar-refractivity contribution in [1.82, 2.24) is 0 Å². The van der Waals surface area contributed by atoms with Crippen LogP contribution in [0.2, 0.25) is 5.02 Å². The Labute approximate surface area is 80.2 Å². The first-order valence-electron chi connectivity index (χ1n) is 3.83. The van der Waals surface area contributed by atoms with Gasteiger partial charge in [-0.2, -0.15) is 0 Å². The molecule has 0 unspecified atom stereocenters. The van der Waals surface area contributed by atoms with Gasteiger partial charge in [0.1, 0.15) is 6.29 Å². The second-order valence-corrected chi connectivity index (χ2v) is 3.11. The average Bonchev–Trinajstić information content (AvgIpc) is 2.52. The summed E-state index contributed by atoms with van der Waals surface area (Å²) < 4.78 is 10.3. The van der Waals surface area contributed by atoms with Crippen LogP contribution in [-0.2, 0) is 11.2 Å². The molecule has 0 saturated heterocycles. The van der Waals surface area contributed by atoms with Crippen LogP contribution < -0.4 is 9.47 Å². The summed E-state index contributed by atoms with van der Waals surface area (Å²) in [4.78, 5) is 10.3.